The minimum atomic E-state index is -0.865. The van der Waals surface area contributed by atoms with Crippen LogP contribution in [-0.2, 0) is 6.42 Å². The molecular weight excluding hydrogens is 270 g/mol. The number of rotatable bonds is 3. The van der Waals surface area contributed by atoms with Gasteiger partial charge in [0.25, 0.3) is 0 Å². The Morgan fingerprint density at radius 3 is 2.80 bits per heavy atom. The van der Waals surface area contributed by atoms with E-state index in [0.717, 1.165) is 27.0 Å². The summed E-state index contributed by atoms with van der Waals surface area (Å²) in [6, 6.07) is 13.8. The van der Waals surface area contributed by atoms with Crippen molar-refractivity contribution in [2.75, 3.05) is 0 Å². The molecule has 0 fully saturated rings. The Labute approximate surface area is 120 Å². The van der Waals surface area contributed by atoms with Crippen molar-refractivity contribution in [3.05, 3.63) is 63.5 Å². The van der Waals surface area contributed by atoms with Crippen molar-refractivity contribution in [1.29, 1.82) is 0 Å². The molecule has 0 aliphatic carbocycles. The van der Waals surface area contributed by atoms with Gasteiger partial charge < -0.3 is 5.11 Å². The predicted molar refractivity (Wildman–Crippen MR) is 80.6 cm³/mol. The van der Waals surface area contributed by atoms with Gasteiger partial charge in [-0.1, -0.05) is 24.3 Å². The average molecular weight is 283 g/mol. The van der Waals surface area contributed by atoms with Crippen LogP contribution in [0.25, 0.3) is 10.9 Å². The van der Waals surface area contributed by atoms with Gasteiger partial charge >= 0.3 is 5.97 Å². The maximum Gasteiger partial charge on any atom is 0.345 e. The topological polar surface area (TPSA) is 50.2 Å². The van der Waals surface area contributed by atoms with Crippen LogP contribution in [0.2, 0.25) is 0 Å². The minimum Gasteiger partial charge on any atom is -0.477 e. The van der Waals surface area contributed by atoms with Gasteiger partial charge in [-0.15, -0.1) is 11.3 Å². The highest BCUT2D eigenvalue weighted by Gasteiger charge is 2.12. The number of carbonyl (C=O) groups is 1. The Morgan fingerprint density at radius 1 is 1.25 bits per heavy atom. The summed E-state index contributed by atoms with van der Waals surface area (Å²) >= 11 is 1.33. The first-order valence-corrected chi connectivity index (χ1v) is 7.12. The van der Waals surface area contributed by atoms with E-state index in [0.29, 0.717) is 11.3 Å². The van der Waals surface area contributed by atoms with Crippen LogP contribution in [0.4, 0.5) is 0 Å². The number of carboxylic acid groups (broad SMARTS) is 1. The average Bonchev–Trinajstić information content (AvgIpc) is 2.80. The molecule has 0 atom stereocenters. The number of pyridine rings is 1. The van der Waals surface area contributed by atoms with E-state index < -0.39 is 5.97 Å². The van der Waals surface area contributed by atoms with Crippen LogP contribution in [0, 0.1) is 6.92 Å². The lowest BCUT2D eigenvalue weighted by atomic mass is 10.1. The Kier molecular flexibility index (Phi) is 3.24. The zero-order chi connectivity index (χ0) is 14.1. The van der Waals surface area contributed by atoms with E-state index in [4.69, 9.17) is 5.11 Å². The molecule has 0 saturated heterocycles. The standard InChI is InChI=1S/C16H13NO2S/c1-10-8-15(16(18)19)20-14(10)9-12-7-6-11-4-2-3-5-13(11)17-12/h2-8H,9H2,1H3,(H,18,19). The summed E-state index contributed by atoms with van der Waals surface area (Å²) in [6.07, 6.45) is 0.675. The molecule has 3 aromatic rings. The van der Waals surface area contributed by atoms with Crippen molar-refractivity contribution in [3.63, 3.8) is 0 Å². The molecular formula is C16H13NO2S. The van der Waals surface area contributed by atoms with E-state index >= 15 is 0 Å². The Hall–Kier alpha value is -2.20. The normalized spacial score (nSPS) is 10.8. The Bertz CT molecular complexity index is 792. The third-order valence-corrected chi connectivity index (χ3v) is 4.45. The van der Waals surface area contributed by atoms with Crippen molar-refractivity contribution in [2.45, 2.75) is 13.3 Å². The second-order valence-electron chi connectivity index (χ2n) is 4.69. The van der Waals surface area contributed by atoms with Gasteiger partial charge in [-0.05, 0) is 30.7 Å². The first-order chi connectivity index (χ1) is 9.63. The SMILES string of the molecule is Cc1cc(C(=O)O)sc1Cc1ccc2ccccc2n1. The lowest BCUT2D eigenvalue weighted by molar-refractivity contribution is 0.0702. The Morgan fingerprint density at radius 2 is 2.05 bits per heavy atom. The highest BCUT2D eigenvalue weighted by Crippen LogP contribution is 2.25. The number of thiophene rings is 1. The third-order valence-electron chi connectivity index (χ3n) is 3.23. The Balaban J connectivity index is 1.94. The maximum atomic E-state index is 11.0. The van der Waals surface area contributed by atoms with Gasteiger partial charge in [0, 0.05) is 22.4 Å². The molecule has 0 bridgehead atoms. The van der Waals surface area contributed by atoms with Crippen LogP contribution in [0.3, 0.4) is 0 Å². The van der Waals surface area contributed by atoms with E-state index in [1.165, 1.54) is 11.3 Å². The second kappa shape index (κ2) is 5.06. The molecule has 0 radical (unpaired) electrons. The summed E-state index contributed by atoms with van der Waals surface area (Å²) in [4.78, 5) is 17.1. The zero-order valence-corrected chi connectivity index (χ0v) is 11.8. The molecule has 0 amide bonds. The van der Waals surface area contributed by atoms with Gasteiger partial charge in [0.1, 0.15) is 4.88 Å². The highest BCUT2D eigenvalue weighted by atomic mass is 32.1. The molecule has 0 aliphatic rings. The summed E-state index contributed by atoms with van der Waals surface area (Å²) in [7, 11) is 0. The smallest absolute Gasteiger partial charge is 0.345 e. The number of fused-ring (bicyclic) bond motifs is 1. The number of aromatic nitrogens is 1. The number of para-hydroxylation sites is 1. The van der Waals surface area contributed by atoms with Crippen LogP contribution in [0.1, 0.15) is 25.8 Å². The number of hydrogen-bond acceptors (Lipinski definition) is 3. The third kappa shape index (κ3) is 2.42. The van der Waals surface area contributed by atoms with Gasteiger partial charge in [-0.25, -0.2) is 4.79 Å². The lowest BCUT2D eigenvalue weighted by Gasteiger charge is -2.02. The number of hydrogen-bond donors (Lipinski definition) is 1. The first kappa shape index (κ1) is 12.8. The second-order valence-corrected chi connectivity index (χ2v) is 5.83. The lowest BCUT2D eigenvalue weighted by Crippen LogP contribution is -1.92. The summed E-state index contributed by atoms with van der Waals surface area (Å²) < 4.78 is 0. The van der Waals surface area contributed by atoms with E-state index in [1.54, 1.807) is 6.07 Å². The summed E-state index contributed by atoms with van der Waals surface area (Å²) in [5.74, 6) is -0.865. The van der Waals surface area contributed by atoms with Gasteiger partial charge in [-0.3, -0.25) is 4.98 Å². The summed E-state index contributed by atoms with van der Waals surface area (Å²) in [5.41, 5.74) is 2.95. The number of aromatic carboxylic acids is 1. The number of benzene rings is 1. The molecule has 3 nitrogen and oxygen atoms in total. The molecule has 0 aliphatic heterocycles. The molecule has 100 valence electrons. The van der Waals surface area contributed by atoms with Crippen molar-refractivity contribution in [2.24, 2.45) is 0 Å². The van der Waals surface area contributed by atoms with Crippen LogP contribution in [0.5, 0.6) is 0 Å². The monoisotopic (exact) mass is 283 g/mol. The van der Waals surface area contributed by atoms with Crippen LogP contribution in [0.15, 0.2) is 42.5 Å². The fourth-order valence-electron chi connectivity index (χ4n) is 2.17. The van der Waals surface area contributed by atoms with E-state index in [1.807, 2.05) is 37.3 Å². The van der Waals surface area contributed by atoms with Crippen LogP contribution < -0.4 is 0 Å². The first-order valence-electron chi connectivity index (χ1n) is 6.31. The molecule has 4 heteroatoms. The predicted octanol–water partition coefficient (Wildman–Crippen LogP) is 3.89. The molecule has 20 heavy (non-hydrogen) atoms. The molecule has 1 N–H and O–H groups in total. The van der Waals surface area contributed by atoms with Crippen molar-refractivity contribution in [1.82, 2.24) is 4.98 Å². The molecule has 2 heterocycles. The highest BCUT2D eigenvalue weighted by molar-refractivity contribution is 7.14. The number of aryl methyl sites for hydroxylation is 1. The van der Waals surface area contributed by atoms with Gasteiger partial charge in [-0.2, -0.15) is 0 Å². The van der Waals surface area contributed by atoms with E-state index in [9.17, 15) is 4.79 Å². The van der Waals surface area contributed by atoms with Crippen molar-refractivity contribution >= 4 is 28.2 Å². The van der Waals surface area contributed by atoms with Gasteiger partial charge in [0.05, 0.1) is 5.52 Å². The minimum absolute atomic E-state index is 0.387. The molecule has 0 saturated carbocycles. The summed E-state index contributed by atoms with van der Waals surface area (Å²) in [5, 5.41) is 10.1. The maximum absolute atomic E-state index is 11.0. The molecule has 1 aromatic carbocycles. The van der Waals surface area contributed by atoms with E-state index in [2.05, 4.69) is 11.1 Å². The number of carboxylic acids is 1. The fraction of sp³-hybridized carbons (Fsp3) is 0.125. The molecule has 2 aromatic heterocycles. The molecule has 0 unspecified atom stereocenters. The van der Waals surface area contributed by atoms with Crippen molar-refractivity contribution in [3.8, 4) is 0 Å². The van der Waals surface area contributed by atoms with Crippen molar-refractivity contribution < 1.29 is 9.90 Å². The van der Waals surface area contributed by atoms with Crippen LogP contribution >= 0.6 is 11.3 Å². The number of nitrogens with zero attached hydrogens (tertiary/aromatic N) is 1. The molecule has 3 rings (SSSR count). The fourth-order valence-corrected chi connectivity index (χ4v) is 3.20. The molecule has 0 spiro atoms. The summed E-state index contributed by atoms with van der Waals surface area (Å²) in [6.45, 7) is 1.94. The quantitative estimate of drug-likeness (QED) is 0.793. The van der Waals surface area contributed by atoms with E-state index in [-0.39, 0.29) is 0 Å². The van der Waals surface area contributed by atoms with Gasteiger partial charge in [0.15, 0.2) is 0 Å². The van der Waals surface area contributed by atoms with Crippen LogP contribution in [-0.4, -0.2) is 16.1 Å². The van der Waals surface area contributed by atoms with Gasteiger partial charge in [0.2, 0.25) is 0 Å². The largest absolute Gasteiger partial charge is 0.477 e. The zero-order valence-electron chi connectivity index (χ0n) is 11.0.